The minimum Gasteiger partial charge on any atom is -0.503 e. The van der Waals surface area contributed by atoms with Gasteiger partial charge in [0.1, 0.15) is 11.3 Å². The summed E-state index contributed by atoms with van der Waals surface area (Å²) in [6.45, 7) is 25.5. The lowest BCUT2D eigenvalue weighted by Crippen LogP contribution is -2.36. The van der Waals surface area contributed by atoms with Gasteiger partial charge in [-0.15, -0.1) is 0 Å². The number of aromatic nitrogens is 1. The topological polar surface area (TPSA) is 35.8 Å². The van der Waals surface area contributed by atoms with Gasteiger partial charge >= 0.3 is 19.6 Å². The molecule has 0 radical (unpaired) electrons. The molecule has 5 aromatic carbocycles. The molecule has 0 saturated carbocycles. The van der Waals surface area contributed by atoms with Gasteiger partial charge in [-0.05, 0) is 91.0 Å². The van der Waals surface area contributed by atoms with E-state index in [0.717, 1.165) is 44.5 Å². The molecule has 0 atom stereocenters. The van der Waals surface area contributed by atoms with Gasteiger partial charge < -0.3 is 13.8 Å². The van der Waals surface area contributed by atoms with Gasteiger partial charge in [0, 0.05) is 28.1 Å². The fraction of sp³-hybridized carbons (Fsp3) is 0.316. The summed E-state index contributed by atoms with van der Waals surface area (Å²) in [4.78, 5) is 5.28. The Labute approximate surface area is 396 Å². The average molecular weight is 927 g/mol. The molecule has 0 N–H and O–H groups in total. The van der Waals surface area contributed by atoms with E-state index in [-0.39, 0.29) is 27.7 Å². The van der Waals surface area contributed by atoms with Crippen LogP contribution < -0.4 is 9.31 Å². The van der Waals surface area contributed by atoms with Crippen molar-refractivity contribution in [1.82, 2.24) is 4.48 Å². The zero-order valence-electron chi connectivity index (χ0n) is 40.7. The number of allylic oxidation sites excluding steroid dienone is 2. The molecule has 2 aliphatic rings. The molecule has 0 bridgehead atoms. The highest BCUT2D eigenvalue weighted by atomic mass is 19.4. The van der Waals surface area contributed by atoms with E-state index >= 15 is 0 Å². The third kappa shape index (κ3) is 9.72. The van der Waals surface area contributed by atoms with Gasteiger partial charge in [-0.25, -0.2) is 4.99 Å². The van der Waals surface area contributed by atoms with Crippen LogP contribution in [0.4, 0.5) is 26.3 Å². The van der Waals surface area contributed by atoms with Crippen LogP contribution in [0.1, 0.15) is 133 Å². The lowest BCUT2D eigenvalue weighted by Gasteiger charge is -2.20. The van der Waals surface area contributed by atoms with Crippen molar-refractivity contribution in [1.29, 1.82) is 0 Å². The second-order valence-corrected chi connectivity index (χ2v) is 22.0. The summed E-state index contributed by atoms with van der Waals surface area (Å²) in [6.07, 6.45) is -6.38. The summed E-state index contributed by atoms with van der Waals surface area (Å²) < 4.78 is 101. The Balaban J connectivity index is 1.41. The number of hydrogen-bond acceptors (Lipinski definition) is 3. The fourth-order valence-corrected chi connectivity index (χ4v) is 8.53. The number of aliphatic imine (C=N–C) groups is 1. The van der Waals surface area contributed by atoms with Crippen molar-refractivity contribution >= 4 is 24.6 Å². The van der Waals surface area contributed by atoms with Gasteiger partial charge in [-0.2, -0.15) is 26.3 Å². The molecule has 0 unspecified atom stereocenters. The molecular weight excluding hydrogens is 869 g/mol. The molecule has 352 valence electrons. The van der Waals surface area contributed by atoms with Crippen molar-refractivity contribution < 1.29 is 35.7 Å². The summed E-state index contributed by atoms with van der Waals surface area (Å²) >= 11 is 0. The van der Waals surface area contributed by atoms with Crippen LogP contribution in [0.3, 0.4) is 0 Å². The Morgan fingerprint density at radius 1 is 0.485 bits per heavy atom. The Kier molecular flexibility index (Phi) is 11.9. The first-order chi connectivity index (χ1) is 31.5. The molecule has 0 spiro atoms. The van der Waals surface area contributed by atoms with Crippen LogP contribution in [0.2, 0.25) is 0 Å². The maximum Gasteiger partial charge on any atom is 0.743 e. The van der Waals surface area contributed by atoms with Gasteiger partial charge in [0.25, 0.3) is 0 Å². The number of fused-ring (bicyclic) bond motifs is 1. The number of benzene rings is 5. The third-order valence-electron chi connectivity index (χ3n) is 12.7. The monoisotopic (exact) mass is 926 g/mol. The van der Waals surface area contributed by atoms with E-state index in [0.29, 0.717) is 40.0 Å². The lowest BCUT2D eigenvalue weighted by atomic mass is 9.85. The summed E-state index contributed by atoms with van der Waals surface area (Å²) in [6, 6.07) is 35.1. The maximum absolute atomic E-state index is 14.7. The standard InChI is InChI=1S/C57H57BF6N2O2/c1-52(2,3)38-21-13-34(14-22-38)43-31-46(36-17-25-40(26-18-36)54(7,8)9)65-47(43)33-49-44(35-15-23-39(24-16-35)53(4,5)6)32-48(37-19-27-41(28-20-37)55(10,11)12)66(49)58-67-50-30-42(56(59,60)61)29-45(51(50)68-58)57(62,63)64/h13-33H,1-12H3/b47-33-. The molecule has 68 heavy (non-hydrogen) atoms. The van der Waals surface area contributed by atoms with E-state index < -0.39 is 42.2 Å². The summed E-state index contributed by atoms with van der Waals surface area (Å²) in [5.41, 5.74) is 7.69. The van der Waals surface area contributed by atoms with Crippen molar-refractivity contribution in [3.63, 3.8) is 0 Å². The number of alkyl halides is 6. The van der Waals surface area contributed by atoms with Crippen molar-refractivity contribution in [2.75, 3.05) is 0 Å². The SMILES string of the molecule is CC(C)(C)c1ccc(C2=CC(c3ccc(C(C)(C)C)cc3)=N/C2=C\c2c(-c3ccc(C(C)(C)C)cc3)cc(-c3ccc(C(C)(C)C)cc3)n2B2Oc3cc(C(F)(F)F)cc(C(F)(F)F)c3O2)cc1. The van der Waals surface area contributed by atoms with Crippen LogP contribution in [0.25, 0.3) is 34.0 Å². The van der Waals surface area contributed by atoms with Crippen LogP contribution >= 0.6 is 0 Å². The predicted molar refractivity (Wildman–Crippen MR) is 264 cm³/mol. The fourth-order valence-electron chi connectivity index (χ4n) is 8.53. The van der Waals surface area contributed by atoms with Crippen molar-refractivity contribution in [3.8, 4) is 33.9 Å². The average Bonchev–Trinajstić information content (AvgIpc) is 3.97. The largest absolute Gasteiger partial charge is 0.743 e. The third-order valence-corrected chi connectivity index (χ3v) is 12.7. The van der Waals surface area contributed by atoms with Gasteiger partial charge in [-0.1, -0.05) is 180 Å². The van der Waals surface area contributed by atoms with E-state index in [4.69, 9.17) is 14.3 Å². The minimum atomic E-state index is -5.20. The Hall–Kier alpha value is -6.23. The van der Waals surface area contributed by atoms with Gasteiger partial charge in [-0.3, -0.25) is 0 Å². The molecule has 0 amide bonds. The van der Waals surface area contributed by atoms with E-state index in [1.807, 2.05) is 78.9 Å². The molecule has 0 aliphatic carbocycles. The minimum absolute atomic E-state index is 0.0717. The molecular formula is C57H57BF6N2O2. The van der Waals surface area contributed by atoms with Crippen LogP contribution in [0.5, 0.6) is 11.5 Å². The highest BCUT2D eigenvalue weighted by Gasteiger charge is 2.48. The first-order valence-corrected chi connectivity index (χ1v) is 22.8. The van der Waals surface area contributed by atoms with Crippen molar-refractivity contribution in [2.24, 2.45) is 4.99 Å². The predicted octanol–water partition coefficient (Wildman–Crippen LogP) is 16.3. The van der Waals surface area contributed by atoms with E-state index in [2.05, 4.69) is 119 Å². The second kappa shape index (κ2) is 16.8. The van der Waals surface area contributed by atoms with Gasteiger partial charge in [0.15, 0.2) is 5.75 Å². The van der Waals surface area contributed by atoms with Crippen molar-refractivity contribution in [2.45, 2.75) is 117 Å². The van der Waals surface area contributed by atoms with Crippen LogP contribution in [0, 0.1) is 0 Å². The molecule has 11 heteroatoms. The number of hydrogen-bond donors (Lipinski definition) is 0. The van der Waals surface area contributed by atoms with Gasteiger partial charge in [0.2, 0.25) is 0 Å². The lowest BCUT2D eigenvalue weighted by molar-refractivity contribution is -0.143. The highest BCUT2D eigenvalue weighted by molar-refractivity contribution is 6.47. The first kappa shape index (κ1) is 48.2. The van der Waals surface area contributed by atoms with Crippen LogP contribution in [0.15, 0.2) is 132 Å². The molecule has 8 rings (SSSR count). The van der Waals surface area contributed by atoms with E-state index in [9.17, 15) is 26.3 Å². The van der Waals surface area contributed by atoms with Crippen molar-refractivity contribution in [3.05, 3.63) is 177 Å². The molecule has 6 aromatic rings. The molecule has 0 saturated heterocycles. The maximum atomic E-state index is 14.7. The van der Waals surface area contributed by atoms with E-state index in [1.54, 1.807) is 4.48 Å². The van der Waals surface area contributed by atoms with E-state index in [1.165, 1.54) is 0 Å². The molecule has 4 nitrogen and oxygen atoms in total. The number of halogens is 6. The zero-order chi connectivity index (χ0) is 49.5. The summed E-state index contributed by atoms with van der Waals surface area (Å²) in [5.74, 6) is -1.50. The quantitative estimate of drug-likeness (QED) is 0.123. The molecule has 1 aromatic heterocycles. The number of nitrogens with zero attached hydrogens (tertiary/aromatic N) is 2. The summed E-state index contributed by atoms with van der Waals surface area (Å²) in [5, 5.41) is 0. The summed E-state index contributed by atoms with van der Waals surface area (Å²) in [7, 11) is -1.67. The van der Waals surface area contributed by atoms with Crippen LogP contribution in [-0.2, 0) is 34.0 Å². The molecule has 3 heterocycles. The Bertz CT molecular complexity index is 2960. The van der Waals surface area contributed by atoms with Crippen LogP contribution in [-0.4, -0.2) is 17.4 Å². The highest BCUT2D eigenvalue weighted by Crippen LogP contribution is 2.50. The zero-order valence-corrected chi connectivity index (χ0v) is 40.7. The molecule has 0 fully saturated rings. The van der Waals surface area contributed by atoms with Gasteiger partial charge in [0.05, 0.1) is 17.0 Å². The second-order valence-electron chi connectivity index (χ2n) is 22.0. The normalized spacial score (nSPS) is 15.3. The Morgan fingerprint density at radius 3 is 1.37 bits per heavy atom. The molecule has 2 aliphatic heterocycles. The smallest absolute Gasteiger partial charge is 0.503 e. The first-order valence-electron chi connectivity index (χ1n) is 22.8. The Morgan fingerprint density at radius 2 is 0.926 bits per heavy atom. The number of rotatable bonds is 6.